The molecule has 8 nitrogen and oxygen atoms in total. The highest BCUT2D eigenvalue weighted by Gasteiger charge is 2.10. The summed E-state index contributed by atoms with van der Waals surface area (Å²) in [6.45, 7) is 0.139. The number of halogens is 1. The van der Waals surface area contributed by atoms with Crippen molar-refractivity contribution >= 4 is 17.5 Å². The van der Waals surface area contributed by atoms with E-state index in [4.69, 9.17) is 15.3 Å². The van der Waals surface area contributed by atoms with E-state index in [-0.39, 0.29) is 23.7 Å². The summed E-state index contributed by atoms with van der Waals surface area (Å²) in [7, 11) is 0. The lowest BCUT2D eigenvalue weighted by atomic mass is 10.1. The molecule has 0 spiro atoms. The van der Waals surface area contributed by atoms with Gasteiger partial charge in [0.2, 0.25) is 0 Å². The van der Waals surface area contributed by atoms with Gasteiger partial charge < -0.3 is 15.3 Å². The van der Waals surface area contributed by atoms with Crippen LogP contribution in [0.1, 0.15) is 21.5 Å². The molecule has 0 saturated carbocycles. The Morgan fingerprint density at radius 1 is 1.03 bits per heavy atom. The van der Waals surface area contributed by atoms with Crippen molar-refractivity contribution in [3.05, 3.63) is 105 Å². The Bertz CT molecular complexity index is 1080. The molecule has 0 bridgehead atoms. The lowest BCUT2D eigenvalue weighted by Gasteiger charge is -2.07. The van der Waals surface area contributed by atoms with Crippen LogP contribution in [0.2, 0.25) is 0 Å². The molecule has 3 aromatic rings. The average Bonchev–Trinajstić information content (AvgIpc) is 2.76. The summed E-state index contributed by atoms with van der Waals surface area (Å²) in [5.74, 6) is -0.764. The minimum absolute atomic E-state index is 0.0347. The highest BCUT2D eigenvalue weighted by Crippen LogP contribution is 2.19. The van der Waals surface area contributed by atoms with Crippen LogP contribution in [0.5, 0.6) is 5.75 Å². The zero-order chi connectivity index (χ0) is 21.5. The van der Waals surface area contributed by atoms with Gasteiger partial charge in [0, 0.05) is 17.7 Å². The molecule has 30 heavy (non-hydrogen) atoms. The summed E-state index contributed by atoms with van der Waals surface area (Å²) in [6, 6.07) is 17.4. The third-order valence-electron chi connectivity index (χ3n) is 3.98. The predicted molar refractivity (Wildman–Crippen MR) is 106 cm³/mol. The lowest BCUT2D eigenvalue weighted by molar-refractivity contribution is -0.384. The van der Waals surface area contributed by atoms with Crippen molar-refractivity contribution in [2.24, 2.45) is 10.9 Å². The number of benzene rings is 3. The molecule has 152 valence electrons. The Balaban J connectivity index is 1.61. The number of oxime groups is 1. The number of ether oxygens (including phenoxy) is 1. The molecule has 9 heteroatoms. The first-order chi connectivity index (χ1) is 14.4. The Labute approximate surface area is 170 Å². The van der Waals surface area contributed by atoms with Gasteiger partial charge in [-0.3, -0.25) is 10.1 Å². The number of hydrogen-bond acceptors (Lipinski definition) is 6. The molecular formula is C21H16FN3O5. The van der Waals surface area contributed by atoms with Gasteiger partial charge in [-0.15, -0.1) is 0 Å². The van der Waals surface area contributed by atoms with Crippen LogP contribution >= 0.6 is 0 Å². The number of nitrogens with two attached hydrogens (primary N) is 1. The van der Waals surface area contributed by atoms with Crippen LogP contribution in [0.3, 0.4) is 0 Å². The molecule has 0 aliphatic carbocycles. The van der Waals surface area contributed by atoms with Gasteiger partial charge in [0.05, 0.1) is 10.5 Å². The highest BCUT2D eigenvalue weighted by atomic mass is 19.1. The van der Waals surface area contributed by atoms with Crippen molar-refractivity contribution in [3.63, 3.8) is 0 Å². The van der Waals surface area contributed by atoms with Crippen LogP contribution in [-0.2, 0) is 11.4 Å². The van der Waals surface area contributed by atoms with Crippen molar-refractivity contribution in [2.75, 3.05) is 0 Å². The SMILES string of the molecule is N/C(=N\OC(=O)c1cccc(COc2ccc([N+](=O)[O-])cc2)c1)c1ccc(F)cc1. The molecule has 0 aliphatic rings. The van der Waals surface area contributed by atoms with Gasteiger partial charge in [0.1, 0.15) is 18.2 Å². The molecule has 0 atom stereocenters. The predicted octanol–water partition coefficient (Wildman–Crippen LogP) is 3.79. The fourth-order valence-corrected chi connectivity index (χ4v) is 2.44. The normalized spacial score (nSPS) is 11.0. The van der Waals surface area contributed by atoms with Gasteiger partial charge in [-0.25, -0.2) is 9.18 Å². The second kappa shape index (κ2) is 9.28. The third-order valence-corrected chi connectivity index (χ3v) is 3.98. The number of nitro benzene ring substituents is 1. The number of carbonyl (C=O) groups is 1. The van der Waals surface area contributed by atoms with Gasteiger partial charge in [0.15, 0.2) is 5.84 Å². The monoisotopic (exact) mass is 409 g/mol. The van der Waals surface area contributed by atoms with Gasteiger partial charge in [-0.1, -0.05) is 17.3 Å². The van der Waals surface area contributed by atoms with E-state index in [9.17, 15) is 19.3 Å². The smallest absolute Gasteiger partial charge is 0.365 e. The Morgan fingerprint density at radius 3 is 2.40 bits per heavy atom. The average molecular weight is 409 g/mol. The molecule has 2 N–H and O–H groups in total. The van der Waals surface area contributed by atoms with Crippen molar-refractivity contribution in [2.45, 2.75) is 6.61 Å². The van der Waals surface area contributed by atoms with Crippen molar-refractivity contribution in [1.82, 2.24) is 0 Å². The summed E-state index contributed by atoms with van der Waals surface area (Å²) in [5, 5.41) is 14.3. The van der Waals surface area contributed by atoms with Gasteiger partial charge >= 0.3 is 5.97 Å². The van der Waals surface area contributed by atoms with Crippen LogP contribution in [0.4, 0.5) is 10.1 Å². The topological polar surface area (TPSA) is 117 Å². The summed E-state index contributed by atoms with van der Waals surface area (Å²) in [6.07, 6.45) is 0. The number of nitro groups is 1. The van der Waals surface area contributed by atoms with E-state index >= 15 is 0 Å². The van der Waals surface area contributed by atoms with Crippen LogP contribution in [0.25, 0.3) is 0 Å². The van der Waals surface area contributed by atoms with Crippen LogP contribution in [-0.4, -0.2) is 16.7 Å². The highest BCUT2D eigenvalue weighted by molar-refractivity contribution is 5.98. The Kier molecular flexibility index (Phi) is 6.33. The summed E-state index contributed by atoms with van der Waals surface area (Å²) < 4.78 is 18.5. The number of non-ortho nitro benzene ring substituents is 1. The molecule has 0 aromatic heterocycles. The van der Waals surface area contributed by atoms with Crippen LogP contribution in [0.15, 0.2) is 78.0 Å². The van der Waals surface area contributed by atoms with Crippen LogP contribution in [0, 0.1) is 15.9 Å². The van der Waals surface area contributed by atoms with Crippen molar-refractivity contribution in [3.8, 4) is 5.75 Å². The number of rotatable bonds is 7. The van der Waals surface area contributed by atoms with E-state index in [1.54, 1.807) is 24.3 Å². The molecule has 0 amide bonds. The molecule has 3 rings (SSSR count). The Morgan fingerprint density at radius 2 is 1.73 bits per heavy atom. The molecule has 0 fully saturated rings. The first-order valence-electron chi connectivity index (χ1n) is 8.69. The molecule has 0 aliphatic heterocycles. The molecule has 0 heterocycles. The fraction of sp³-hybridized carbons (Fsp3) is 0.0476. The standard InChI is InChI=1S/C21H16FN3O5/c22-17-6-4-15(5-7-17)20(23)24-30-21(26)16-3-1-2-14(12-16)13-29-19-10-8-18(9-11-19)25(27)28/h1-12H,13H2,(H2,23,24). The minimum Gasteiger partial charge on any atom is -0.489 e. The zero-order valence-electron chi connectivity index (χ0n) is 15.5. The largest absolute Gasteiger partial charge is 0.489 e. The quantitative estimate of drug-likeness (QED) is 0.209. The lowest BCUT2D eigenvalue weighted by Crippen LogP contribution is -2.15. The summed E-state index contributed by atoms with van der Waals surface area (Å²) in [5.41, 5.74) is 7.02. The molecule has 0 unspecified atom stereocenters. The van der Waals surface area contributed by atoms with Crippen LogP contribution < -0.4 is 10.5 Å². The molecular weight excluding hydrogens is 393 g/mol. The van der Waals surface area contributed by atoms with E-state index in [1.165, 1.54) is 48.5 Å². The fourth-order valence-electron chi connectivity index (χ4n) is 2.44. The van der Waals surface area contributed by atoms with E-state index in [1.807, 2.05) is 0 Å². The minimum atomic E-state index is -0.725. The first kappa shape index (κ1) is 20.5. The number of carbonyl (C=O) groups excluding carboxylic acids is 1. The summed E-state index contributed by atoms with van der Waals surface area (Å²) in [4.78, 5) is 27.2. The number of amidine groups is 1. The maximum absolute atomic E-state index is 12.9. The first-order valence-corrected chi connectivity index (χ1v) is 8.69. The van der Waals surface area contributed by atoms with Crippen molar-refractivity contribution in [1.29, 1.82) is 0 Å². The van der Waals surface area contributed by atoms with E-state index in [2.05, 4.69) is 5.16 Å². The van der Waals surface area contributed by atoms with Gasteiger partial charge in [-0.2, -0.15) is 0 Å². The second-order valence-corrected chi connectivity index (χ2v) is 6.10. The third kappa shape index (κ3) is 5.38. The maximum Gasteiger partial charge on any atom is 0.365 e. The van der Waals surface area contributed by atoms with Crippen molar-refractivity contribution < 1.29 is 23.7 Å². The molecule has 3 aromatic carbocycles. The number of nitrogens with zero attached hydrogens (tertiary/aromatic N) is 2. The van der Waals surface area contributed by atoms with E-state index in [0.717, 1.165) is 0 Å². The van der Waals surface area contributed by atoms with Gasteiger partial charge in [0.25, 0.3) is 5.69 Å². The Hall–Kier alpha value is -4.27. The maximum atomic E-state index is 12.9. The van der Waals surface area contributed by atoms with E-state index in [0.29, 0.717) is 16.9 Å². The van der Waals surface area contributed by atoms with E-state index < -0.39 is 16.7 Å². The molecule has 0 saturated heterocycles. The second-order valence-electron chi connectivity index (χ2n) is 6.10. The molecule has 0 radical (unpaired) electrons. The number of hydrogen-bond donors (Lipinski definition) is 1. The van der Waals surface area contributed by atoms with Gasteiger partial charge in [-0.05, 0) is 54.1 Å². The zero-order valence-corrected chi connectivity index (χ0v) is 15.5. The summed E-state index contributed by atoms with van der Waals surface area (Å²) >= 11 is 0.